The first-order valence-corrected chi connectivity index (χ1v) is 6.61. The van der Waals surface area contributed by atoms with Gasteiger partial charge in [-0.05, 0) is 31.2 Å². The fraction of sp³-hybridized carbons (Fsp3) is 0.429. The zero-order valence-electron chi connectivity index (χ0n) is 11.4. The van der Waals surface area contributed by atoms with Crippen LogP contribution in [0.2, 0.25) is 0 Å². The van der Waals surface area contributed by atoms with Gasteiger partial charge in [0.25, 0.3) is 5.91 Å². The van der Waals surface area contributed by atoms with E-state index in [2.05, 4.69) is 10.6 Å². The van der Waals surface area contributed by atoms with E-state index in [1.807, 2.05) is 6.92 Å². The molecule has 0 aliphatic carbocycles. The van der Waals surface area contributed by atoms with E-state index in [0.29, 0.717) is 18.7 Å². The molecule has 0 aromatic heterocycles. The van der Waals surface area contributed by atoms with Crippen LogP contribution >= 0.6 is 0 Å². The van der Waals surface area contributed by atoms with Crippen molar-refractivity contribution in [2.24, 2.45) is 0 Å². The van der Waals surface area contributed by atoms with Gasteiger partial charge in [-0.25, -0.2) is 4.39 Å². The number of amides is 2. The molecule has 0 radical (unpaired) electrons. The number of carbonyl (C=O) groups is 2. The number of halogens is 1. The van der Waals surface area contributed by atoms with Gasteiger partial charge in [0.2, 0.25) is 5.91 Å². The Balaban J connectivity index is 1.83. The second-order valence-corrected chi connectivity index (χ2v) is 4.88. The molecular weight excluding hydrogens is 261 g/mol. The van der Waals surface area contributed by atoms with E-state index >= 15 is 0 Å². The molecular formula is C14H18FN3O2. The molecule has 0 unspecified atom stereocenters. The van der Waals surface area contributed by atoms with E-state index < -0.39 is 5.82 Å². The average Bonchev–Trinajstić information content (AvgIpc) is 2.45. The number of nitrogens with one attached hydrogen (secondary N) is 2. The molecule has 1 saturated heterocycles. The second-order valence-electron chi connectivity index (χ2n) is 4.88. The molecule has 1 aromatic rings. The minimum Gasteiger partial charge on any atom is -0.343 e. The molecule has 0 bridgehead atoms. The highest BCUT2D eigenvalue weighted by atomic mass is 19.1. The molecule has 6 heteroatoms. The van der Waals surface area contributed by atoms with Gasteiger partial charge in [-0.1, -0.05) is 0 Å². The fourth-order valence-electron chi connectivity index (χ4n) is 2.13. The summed E-state index contributed by atoms with van der Waals surface area (Å²) in [5, 5.41) is 5.80. The quantitative estimate of drug-likeness (QED) is 0.840. The van der Waals surface area contributed by atoms with Gasteiger partial charge in [0.1, 0.15) is 5.82 Å². The van der Waals surface area contributed by atoms with Crippen molar-refractivity contribution in [3.05, 3.63) is 35.6 Å². The highest BCUT2D eigenvalue weighted by Gasteiger charge is 2.20. The van der Waals surface area contributed by atoms with Crippen molar-refractivity contribution in [3.63, 3.8) is 0 Å². The molecule has 1 heterocycles. The van der Waals surface area contributed by atoms with Gasteiger partial charge in [0.15, 0.2) is 0 Å². The summed E-state index contributed by atoms with van der Waals surface area (Å²) in [6.07, 6.45) is 0. The molecule has 2 N–H and O–H groups in total. The standard InChI is InChI=1S/C14H18FN3O2/c1-10-9-18(7-6-16-10)13(19)8-17-14(20)11-2-4-12(15)5-3-11/h2-5,10,16H,6-9H2,1H3,(H,17,20)/t10-/m1/s1. The molecule has 2 amide bonds. The predicted molar refractivity (Wildman–Crippen MR) is 72.8 cm³/mol. The molecule has 0 spiro atoms. The summed E-state index contributed by atoms with van der Waals surface area (Å²) in [4.78, 5) is 25.5. The Hall–Kier alpha value is -1.95. The van der Waals surface area contributed by atoms with Crippen molar-refractivity contribution in [2.45, 2.75) is 13.0 Å². The van der Waals surface area contributed by atoms with Crippen LogP contribution in [0, 0.1) is 5.82 Å². The van der Waals surface area contributed by atoms with Crippen LogP contribution in [0.1, 0.15) is 17.3 Å². The molecule has 2 rings (SSSR count). The number of benzene rings is 1. The average molecular weight is 279 g/mol. The number of nitrogens with zero attached hydrogens (tertiary/aromatic N) is 1. The van der Waals surface area contributed by atoms with Gasteiger partial charge in [-0.2, -0.15) is 0 Å². The Kier molecular flexibility index (Phi) is 4.68. The summed E-state index contributed by atoms with van der Waals surface area (Å²) >= 11 is 0. The third-order valence-electron chi connectivity index (χ3n) is 3.23. The Morgan fingerprint density at radius 1 is 1.40 bits per heavy atom. The van der Waals surface area contributed by atoms with Gasteiger partial charge in [-0.15, -0.1) is 0 Å². The lowest BCUT2D eigenvalue weighted by Gasteiger charge is -2.31. The topological polar surface area (TPSA) is 61.4 Å². The van der Waals surface area contributed by atoms with Gasteiger partial charge in [0, 0.05) is 31.2 Å². The van der Waals surface area contributed by atoms with E-state index in [4.69, 9.17) is 0 Å². The van der Waals surface area contributed by atoms with E-state index in [1.54, 1.807) is 4.90 Å². The first kappa shape index (κ1) is 14.5. The van der Waals surface area contributed by atoms with E-state index in [9.17, 15) is 14.0 Å². The summed E-state index contributed by atoms with van der Waals surface area (Å²) in [5.41, 5.74) is 0.341. The number of piperazine rings is 1. The van der Waals surface area contributed by atoms with Crippen molar-refractivity contribution in [2.75, 3.05) is 26.2 Å². The predicted octanol–water partition coefficient (Wildman–Crippen LogP) is 0.376. The molecule has 1 atom stereocenters. The SMILES string of the molecule is C[C@@H]1CN(C(=O)CNC(=O)c2ccc(F)cc2)CCN1. The van der Waals surface area contributed by atoms with Crippen LogP contribution in [0.15, 0.2) is 24.3 Å². The van der Waals surface area contributed by atoms with Crippen molar-refractivity contribution >= 4 is 11.8 Å². The smallest absolute Gasteiger partial charge is 0.251 e. The number of carbonyl (C=O) groups excluding carboxylic acids is 2. The summed E-state index contributed by atoms with van der Waals surface area (Å²) in [7, 11) is 0. The fourth-order valence-corrected chi connectivity index (χ4v) is 2.13. The van der Waals surface area contributed by atoms with Crippen molar-refractivity contribution in [1.82, 2.24) is 15.5 Å². The maximum atomic E-state index is 12.7. The van der Waals surface area contributed by atoms with Gasteiger partial charge in [0.05, 0.1) is 6.54 Å². The molecule has 1 aliphatic rings. The number of rotatable bonds is 3. The highest BCUT2D eigenvalue weighted by Crippen LogP contribution is 2.03. The first-order chi connectivity index (χ1) is 9.56. The van der Waals surface area contributed by atoms with E-state index in [1.165, 1.54) is 24.3 Å². The zero-order chi connectivity index (χ0) is 14.5. The number of hydrogen-bond acceptors (Lipinski definition) is 3. The van der Waals surface area contributed by atoms with Gasteiger partial charge in [-0.3, -0.25) is 9.59 Å². The van der Waals surface area contributed by atoms with E-state index in [-0.39, 0.29) is 24.4 Å². The van der Waals surface area contributed by atoms with Crippen LogP contribution < -0.4 is 10.6 Å². The minimum atomic E-state index is -0.396. The van der Waals surface area contributed by atoms with Crippen LogP contribution in [0.4, 0.5) is 4.39 Å². The van der Waals surface area contributed by atoms with Gasteiger partial charge >= 0.3 is 0 Å². The molecule has 108 valence electrons. The molecule has 20 heavy (non-hydrogen) atoms. The lowest BCUT2D eigenvalue weighted by atomic mass is 10.2. The highest BCUT2D eigenvalue weighted by molar-refractivity contribution is 5.96. The monoisotopic (exact) mass is 279 g/mol. The third-order valence-corrected chi connectivity index (χ3v) is 3.23. The maximum absolute atomic E-state index is 12.7. The molecule has 1 fully saturated rings. The van der Waals surface area contributed by atoms with Crippen molar-refractivity contribution < 1.29 is 14.0 Å². The van der Waals surface area contributed by atoms with Gasteiger partial charge < -0.3 is 15.5 Å². The van der Waals surface area contributed by atoms with Crippen LogP contribution in [-0.4, -0.2) is 48.9 Å². The van der Waals surface area contributed by atoms with Crippen LogP contribution in [-0.2, 0) is 4.79 Å². The Morgan fingerprint density at radius 3 is 2.75 bits per heavy atom. The van der Waals surface area contributed by atoms with Crippen molar-refractivity contribution in [3.8, 4) is 0 Å². The number of hydrogen-bond donors (Lipinski definition) is 2. The molecule has 1 aromatic carbocycles. The minimum absolute atomic E-state index is 0.0388. The molecule has 0 saturated carbocycles. The normalized spacial score (nSPS) is 18.7. The Bertz CT molecular complexity index is 490. The Labute approximate surface area is 117 Å². The summed E-state index contributed by atoms with van der Waals surface area (Å²) in [6.45, 7) is 4.03. The lowest BCUT2D eigenvalue weighted by molar-refractivity contribution is -0.131. The van der Waals surface area contributed by atoms with Crippen LogP contribution in [0.5, 0.6) is 0 Å². The van der Waals surface area contributed by atoms with E-state index in [0.717, 1.165) is 6.54 Å². The lowest BCUT2D eigenvalue weighted by Crippen LogP contribution is -2.53. The molecule has 5 nitrogen and oxygen atoms in total. The summed E-state index contributed by atoms with van der Waals surface area (Å²) in [5.74, 6) is -0.872. The van der Waals surface area contributed by atoms with Crippen molar-refractivity contribution in [1.29, 1.82) is 0 Å². The summed E-state index contributed by atoms with van der Waals surface area (Å²) < 4.78 is 12.7. The Morgan fingerprint density at radius 2 is 2.10 bits per heavy atom. The summed E-state index contributed by atoms with van der Waals surface area (Å²) in [6, 6.07) is 5.48. The van der Waals surface area contributed by atoms with Crippen LogP contribution in [0.3, 0.4) is 0 Å². The third kappa shape index (κ3) is 3.77. The molecule has 1 aliphatic heterocycles. The second kappa shape index (κ2) is 6.47. The largest absolute Gasteiger partial charge is 0.343 e. The van der Waals surface area contributed by atoms with Crippen LogP contribution in [0.25, 0.3) is 0 Å². The maximum Gasteiger partial charge on any atom is 0.251 e. The first-order valence-electron chi connectivity index (χ1n) is 6.61. The zero-order valence-corrected chi connectivity index (χ0v) is 11.4.